The maximum atomic E-state index is 5.98. The summed E-state index contributed by atoms with van der Waals surface area (Å²) in [5.41, 5.74) is 2.35. The summed E-state index contributed by atoms with van der Waals surface area (Å²) in [7, 11) is 0. The zero-order valence-electron chi connectivity index (χ0n) is 13.4. The van der Waals surface area contributed by atoms with Gasteiger partial charge >= 0.3 is 0 Å². The van der Waals surface area contributed by atoms with Gasteiger partial charge in [-0.05, 0) is 58.2 Å². The van der Waals surface area contributed by atoms with Crippen LogP contribution in [0.25, 0.3) is 0 Å². The van der Waals surface area contributed by atoms with Crippen LogP contribution in [0.1, 0.15) is 46.6 Å². The predicted octanol–water partition coefficient (Wildman–Crippen LogP) is 3.59. The molecule has 0 amide bonds. The van der Waals surface area contributed by atoms with Crippen molar-refractivity contribution < 1.29 is 4.74 Å². The van der Waals surface area contributed by atoms with Crippen LogP contribution < -0.4 is 15.4 Å². The molecular weight excluding hydrogens is 248 g/mol. The fourth-order valence-electron chi connectivity index (χ4n) is 2.59. The molecule has 3 nitrogen and oxygen atoms in total. The highest BCUT2D eigenvalue weighted by Crippen LogP contribution is 2.33. The van der Waals surface area contributed by atoms with Gasteiger partial charge in [0, 0.05) is 12.1 Å². The first kappa shape index (κ1) is 15.2. The van der Waals surface area contributed by atoms with Gasteiger partial charge in [-0.3, -0.25) is 0 Å². The summed E-state index contributed by atoms with van der Waals surface area (Å²) < 4.78 is 5.98. The summed E-state index contributed by atoms with van der Waals surface area (Å²) in [6.45, 7) is 11.8. The van der Waals surface area contributed by atoms with Crippen molar-refractivity contribution in [2.75, 3.05) is 11.9 Å². The number of hydrogen-bond acceptors (Lipinski definition) is 3. The lowest BCUT2D eigenvalue weighted by atomic mass is 10.0. The predicted molar refractivity (Wildman–Crippen MR) is 85.7 cm³/mol. The molecule has 0 fully saturated rings. The Kier molecular flexibility index (Phi) is 4.59. The van der Waals surface area contributed by atoms with Crippen LogP contribution >= 0.6 is 0 Å². The Labute approximate surface area is 123 Å². The first-order valence-electron chi connectivity index (χ1n) is 7.71. The van der Waals surface area contributed by atoms with Crippen molar-refractivity contribution in [2.24, 2.45) is 0 Å². The van der Waals surface area contributed by atoms with Crippen LogP contribution in [0.15, 0.2) is 18.2 Å². The maximum absolute atomic E-state index is 5.98. The molecule has 1 aliphatic rings. The zero-order valence-corrected chi connectivity index (χ0v) is 13.4. The standard InChI is InChI=1S/C17H28N2O/c1-6-12(2)19-13(3)9-14-7-8-16-15(10-14)18-11-17(4,5)20-16/h7-8,10,12-13,18-19H,6,9,11H2,1-5H3. The Balaban J connectivity index is 2.01. The molecule has 0 spiro atoms. The number of hydrogen-bond donors (Lipinski definition) is 2. The minimum atomic E-state index is -0.125. The van der Waals surface area contributed by atoms with Crippen molar-refractivity contribution in [3.8, 4) is 5.75 Å². The molecule has 2 unspecified atom stereocenters. The summed E-state index contributed by atoms with van der Waals surface area (Å²) in [6.07, 6.45) is 2.21. The highest BCUT2D eigenvalue weighted by Gasteiger charge is 2.26. The number of nitrogens with one attached hydrogen (secondary N) is 2. The Morgan fingerprint density at radius 3 is 2.75 bits per heavy atom. The summed E-state index contributed by atoms with van der Waals surface area (Å²) >= 11 is 0. The highest BCUT2D eigenvalue weighted by atomic mass is 16.5. The van der Waals surface area contributed by atoms with E-state index < -0.39 is 0 Å². The fourth-order valence-corrected chi connectivity index (χ4v) is 2.59. The smallest absolute Gasteiger partial charge is 0.143 e. The second-order valence-corrected chi connectivity index (χ2v) is 6.63. The third kappa shape index (κ3) is 3.89. The lowest BCUT2D eigenvalue weighted by molar-refractivity contribution is 0.116. The van der Waals surface area contributed by atoms with E-state index in [1.165, 1.54) is 12.0 Å². The zero-order chi connectivity index (χ0) is 14.8. The van der Waals surface area contributed by atoms with E-state index in [1.54, 1.807) is 0 Å². The molecule has 1 heterocycles. The van der Waals surface area contributed by atoms with Gasteiger partial charge in [0.25, 0.3) is 0 Å². The molecule has 2 rings (SSSR count). The van der Waals surface area contributed by atoms with Crippen molar-refractivity contribution in [1.29, 1.82) is 0 Å². The molecule has 2 N–H and O–H groups in total. The van der Waals surface area contributed by atoms with Crippen LogP contribution in [0.2, 0.25) is 0 Å². The Morgan fingerprint density at radius 1 is 1.30 bits per heavy atom. The van der Waals surface area contributed by atoms with E-state index in [1.807, 2.05) is 0 Å². The summed E-state index contributed by atoms with van der Waals surface area (Å²) in [4.78, 5) is 0. The van der Waals surface area contributed by atoms with E-state index in [2.05, 4.69) is 63.5 Å². The van der Waals surface area contributed by atoms with Gasteiger partial charge in [-0.15, -0.1) is 0 Å². The largest absolute Gasteiger partial charge is 0.484 e. The van der Waals surface area contributed by atoms with Gasteiger partial charge in [0.05, 0.1) is 12.2 Å². The van der Waals surface area contributed by atoms with Crippen molar-refractivity contribution in [2.45, 2.75) is 65.1 Å². The fraction of sp³-hybridized carbons (Fsp3) is 0.647. The summed E-state index contributed by atoms with van der Waals surface area (Å²) in [5, 5.41) is 7.09. The van der Waals surface area contributed by atoms with Crippen LogP contribution in [0.4, 0.5) is 5.69 Å². The topological polar surface area (TPSA) is 33.3 Å². The third-order valence-corrected chi connectivity index (χ3v) is 3.86. The van der Waals surface area contributed by atoms with Gasteiger partial charge in [0.1, 0.15) is 11.4 Å². The molecule has 0 aromatic heterocycles. The van der Waals surface area contributed by atoms with E-state index in [-0.39, 0.29) is 5.60 Å². The van der Waals surface area contributed by atoms with Gasteiger partial charge in [-0.1, -0.05) is 13.0 Å². The molecule has 3 heteroatoms. The van der Waals surface area contributed by atoms with Gasteiger partial charge in [-0.2, -0.15) is 0 Å². The van der Waals surface area contributed by atoms with E-state index in [9.17, 15) is 0 Å². The van der Waals surface area contributed by atoms with Crippen molar-refractivity contribution in [1.82, 2.24) is 5.32 Å². The highest BCUT2D eigenvalue weighted by molar-refractivity contribution is 5.60. The van der Waals surface area contributed by atoms with E-state index in [0.29, 0.717) is 12.1 Å². The van der Waals surface area contributed by atoms with Gasteiger partial charge < -0.3 is 15.4 Å². The van der Waals surface area contributed by atoms with Crippen LogP contribution in [0, 0.1) is 0 Å². The minimum absolute atomic E-state index is 0.125. The normalized spacial score (nSPS) is 19.4. The molecule has 0 aliphatic carbocycles. The average Bonchev–Trinajstić information content (AvgIpc) is 2.38. The van der Waals surface area contributed by atoms with Crippen LogP contribution in [0.5, 0.6) is 5.75 Å². The molecule has 1 aliphatic heterocycles. The van der Waals surface area contributed by atoms with E-state index in [4.69, 9.17) is 4.74 Å². The average molecular weight is 276 g/mol. The number of anilines is 1. The van der Waals surface area contributed by atoms with Crippen molar-refractivity contribution in [3.63, 3.8) is 0 Å². The van der Waals surface area contributed by atoms with Gasteiger partial charge in [0.15, 0.2) is 0 Å². The molecule has 0 bridgehead atoms. The minimum Gasteiger partial charge on any atom is -0.484 e. The molecule has 2 atom stereocenters. The summed E-state index contributed by atoms with van der Waals surface area (Å²) in [5.74, 6) is 0.965. The van der Waals surface area contributed by atoms with E-state index in [0.717, 1.165) is 24.4 Å². The lowest BCUT2D eigenvalue weighted by Crippen LogP contribution is -2.40. The summed E-state index contributed by atoms with van der Waals surface area (Å²) in [6, 6.07) is 7.55. The number of benzene rings is 1. The molecule has 112 valence electrons. The van der Waals surface area contributed by atoms with Crippen LogP contribution in [0.3, 0.4) is 0 Å². The number of rotatable bonds is 5. The van der Waals surface area contributed by atoms with Crippen LogP contribution in [-0.4, -0.2) is 24.2 Å². The first-order chi connectivity index (χ1) is 9.39. The Morgan fingerprint density at radius 2 is 2.05 bits per heavy atom. The maximum Gasteiger partial charge on any atom is 0.143 e. The molecule has 1 aromatic carbocycles. The van der Waals surface area contributed by atoms with Gasteiger partial charge in [0.2, 0.25) is 0 Å². The molecule has 20 heavy (non-hydrogen) atoms. The Hall–Kier alpha value is -1.22. The first-order valence-corrected chi connectivity index (χ1v) is 7.71. The van der Waals surface area contributed by atoms with E-state index >= 15 is 0 Å². The molecule has 1 aromatic rings. The van der Waals surface area contributed by atoms with Gasteiger partial charge in [-0.25, -0.2) is 0 Å². The molecular formula is C17H28N2O. The van der Waals surface area contributed by atoms with Crippen molar-refractivity contribution in [3.05, 3.63) is 23.8 Å². The number of fused-ring (bicyclic) bond motifs is 1. The second-order valence-electron chi connectivity index (χ2n) is 6.63. The molecule has 0 saturated heterocycles. The SMILES string of the molecule is CCC(C)NC(C)Cc1ccc2c(c1)NCC(C)(C)O2. The molecule has 0 radical (unpaired) electrons. The second kappa shape index (κ2) is 6.04. The Bertz CT molecular complexity index is 456. The quantitative estimate of drug-likeness (QED) is 0.862. The van der Waals surface area contributed by atoms with Crippen molar-refractivity contribution >= 4 is 5.69 Å². The third-order valence-electron chi connectivity index (χ3n) is 3.86. The van der Waals surface area contributed by atoms with Crippen LogP contribution in [-0.2, 0) is 6.42 Å². The number of ether oxygens (including phenoxy) is 1. The molecule has 0 saturated carbocycles. The monoisotopic (exact) mass is 276 g/mol. The lowest BCUT2D eigenvalue weighted by Gasteiger charge is -2.33.